The summed E-state index contributed by atoms with van der Waals surface area (Å²) in [6, 6.07) is 15.8. The molecule has 0 spiro atoms. The molecule has 4 aromatic carbocycles. The summed E-state index contributed by atoms with van der Waals surface area (Å²) in [4.78, 5) is 49.7. The zero-order valence-electron chi connectivity index (χ0n) is 35.5. The molecular formula is C42H28ClF12KN10O5. The first-order chi connectivity index (χ1) is 32.4. The van der Waals surface area contributed by atoms with Crippen molar-refractivity contribution in [2.75, 3.05) is 0 Å². The second-order valence-corrected chi connectivity index (χ2v) is 14.2. The SMILES string of the molecule is FC(F)Cl.NC1=NC(c2ccc(OC(F)(F)F)cc2)(c2ccc(F)c(-c3cncnc3)c2)C(=O)N1.NC1=NC(c2ccc(OC(F)(F)F)cc2)(c2ccc(F)c(-c3cncnc3)c2)C(=O)N1C(F)F.[K+].[OH-]. The van der Waals surface area contributed by atoms with E-state index in [2.05, 4.69) is 56.3 Å². The van der Waals surface area contributed by atoms with Gasteiger partial charge < -0.3 is 26.4 Å². The van der Waals surface area contributed by atoms with Gasteiger partial charge in [-0.1, -0.05) is 48.0 Å². The van der Waals surface area contributed by atoms with Crippen LogP contribution in [0.4, 0.5) is 52.7 Å². The van der Waals surface area contributed by atoms with E-state index in [0.29, 0.717) is 5.56 Å². The molecule has 6 aromatic rings. The molecule has 0 fully saturated rings. The molecule has 0 saturated carbocycles. The van der Waals surface area contributed by atoms with E-state index in [1.165, 1.54) is 67.8 Å². The number of carbonyl (C=O) groups excluding carboxylic acids is 2. The summed E-state index contributed by atoms with van der Waals surface area (Å²) in [7, 11) is 0. The van der Waals surface area contributed by atoms with Crippen LogP contribution in [0, 0.1) is 11.6 Å². The molecule has 2 unspecified atom stereocenters. The van der Waals surface area contributed by atoms with Gasteiger partial charge in [-0.15, -0.1) is 26.3 Å². The van der Waals surface area contributed by atoms with E-state index >= 15 is 0 Å². The largest absolute Gasteiger partial charge is 1.00 e. The quantitative estimate of drug-likeness (QED) is 0.0760. The van der Waals surface area contributed by atoms with E-state index in [4.69, 9.17) is 11.5 Å². The van der Waals surface area contributed by atoms with Gasteiger partial charge >= 0.3 is 76.5 Å². The van der Waals surface area contributed by atoms with E-state index in [1.807, 2.05) is 0 Å². The number of rotatable bonds is 9. The van der Waals surface area contributed by atoms with Gasteiger partial charge in [-0.05, 0) is 70.8 Å². The first kappa shape index (κ1) is 57.1. The molecule has 0 bridgehead atoms. The monoisotopic (exact) mass is 1050 g/mol. The van der Waals surface area contributed by atoms with Crippen molar-refractivity contribution in [3.8, 4) is 33.8 Å². The molecule has 0 aliphatic carbocycles. The number of hydrogen-bond acceptors (Lipinski definition) is 13. The molecule has 0 saturated heterocycles. The molecule has 0 radical (unpaired) electrons. The van der Waals surface area contributed by atoms with Crippen LogP contribution in [0.2, 0.25) is 0 Å². The summed E-state index contributed by atoms with van der Waals surface area (Å²) in [5.41, 5.74) is 8.31. The van der Waals surface area contributed by atoms with Crippen molar-refractivity contribution in [3.63, 3.8) is 0 Å². The summed E-state index contributed by atoms with van der Waals surface area (Å²) in [6.45, 7) is -3.35. The Bertz CT molecular complexity index is 2870. The standard InChI is InChI=1S/C21H13F6N5O2.C20H13F4N5O2.CHClF2.K.H2O/c22-16-6-3-13(7-15(16)11-8-29-10-30-9-11)20(17(33)32(18(23)24)19(28)31-20)12-1-4-14(5-2-12)34-21(25,26)27;21-16-6-3-13(7-15(16)11-8-26-10-27-9-11)19(17(30)28-18(25)29-19)12-1-4-14(5-2-12)31-20(22,23)24;2-1(3)4;;/h1-10,18H,(H2,28,31);1-10H,(H3,25,28,29,30);1H;;1H2/q;;;+1;/p-1. The summed E-state index contributed by atoms with van der Waals surface area (Å²) < 4.78 is 159. The van der Waals surface area contributed by atoms with Crippen LogP contribution < -0.4 is 77.6 Å². The third-order valence-electron chi connectivity index (χ3n) is 9.63. The molecule has 8 rings (SSSR count). The van der Waals surface area contributed by atoms with Crippen LogP contribution in [0.1, 0.15) is 22.3 Å². The van der Waals surface area contributed by atoms with E-state index in [9.17, 15) is 62.3 Å². The zero-order chi connectivity index (χ0) is 50.5. The molecule has 2 aliphatic rings. The molecule has 15 nitrogen and oxygen atoms in total. The fourth-order valence-electron chi connectivity index (χ4n) is 6.92. The van der Waals surface area contributed by atoms with Crippen molar-refractivity contribution >= 4 is 35.3 Å². The maximum atomic E-state index is 14.6. The summed E-state index contributed by atoms with van der Waals surface area (Å²) in [6.07, 6.45) is -1.95. The van der Waals surface area contributed by atoms with Gasteiger partial charge in [-0.25, -0.2) is 43.6 Å². The Morgan fingerprint density at radius 1 is 0.606 bits per heavy atom. The van der Waals surface area contributed by atoms with Crippen molar-refractivity contribution in [1.29, 1.82) is 0 Å². The fourth-order valence-corrected chi connectivity index (χ4v) is 6.92. The van der Waals surface area contributed by atoms with Crippen molar-refractivity contribution in [3.05, 3.63) is 156 Å². The molecule has 2 aromatic heterocycles. The normalized spacial score (nSPS) is 17.4. The number of aromatic nitrogens is 4. The topological polar surface area (TPSA) is 226 Å². The fraction of sp³-hybridized carbons (Fsp3) is 0.143. The minimum Gasteiger partial charge on any atom is -0.870 e. The van der Waals surface area contributed by atoms with Crippen LogP contribution in [-0.4, -0.2) is 79.2 Å². The number of hydrogen-bond donors (Lipinski definition) is 3. The number of guanidine groups is 2. The number of nitrogens with one attached hydrogen (secondary N) is 1. The Kier molecular flexibility index (Phi) is 18.7. The van der Waals surface area contributed by atoms with Gasteiger partial charge in [0.15, 0.2) is 17.0 Å². The van der Waals surface area contributed by atoms with Gasteiger partial charge in [0.1, 0.15) is 35.8 Å². The molecule has 71 heavy (non-hydrogen) atoms. The maximum absolute atomic E-state index is 14.6. The van der Waals surface area contributed by atoms with Gasteiger partial charge in [0.25, 0.3) is 11.8 Å². The van der Waals surface area contributed by atoms with E-state index in [1.54, 1.807) is 0 Å². The number of carbonyl (C=O) groups is 2. The molecular weight excluding hydrogens is 1030 g/mol. The van der Waals surface area contributed by atoms with Crippen molar-refractivity contribution in [2.24, 2.45) is 21.5 Å². The predicted molar refractivity (Wildman–Crippen MR) is 221 cm³/mol. The Labute approximate surface area is 438 Å². The van der Waals surface area contributed by atoms with Gasteiger partial charge in [-0.2, -0.15) is 17.6 Å². The van der Waals surface area contributed by atoms with Crippen molar-refractivity contribution in [2.45, 2.75) is 36.2 Å². The van der Waals surface area contributed by atoms with Crippen LogP contribution >= 0.6 is 11.6 Å². The third kappa shape index (κ3) is 13.1. The number of benzene rings is 4. The number of nitrogens with two attached hydrogens (primary N) is 2. The summed E-state index contributed by atoms with van der Waals surface area (Å²) >= 11 is 3.94. The Morgan fingerprint density at radius 3 is 1.31 bits per heavy atom. The molecule has 2 aliphatic heterocycles. The Hall–Kier alpha value is -6.43. The van der Waals surface area contributed by atoms with Gasteiger partial charge in [0.2, 0.25) is 5.96 Å². The number of nitrogens with zero attached hydrogens (tertiary/aromatic N) is 7. The maximum Gasteiger partial charge on any atom is 1.00 e. The number of alkyl halides is 11. The van der Waals surface area contributed by atoms with Gasteiger partial charge in [0, 0.05) is 47.0 Å². The summed E-state index contributed by atoms with van der Waals surface area (Å²) in [5, 5.41) is 2.39. The predicted octanol–water partition coefficient (Wildman–Crippen LogP) is 4.95. The first-order valence-electron chi connectivity index (χ1n) is 18.8. The van der Waals surface area contributed by atoms with Gasteiger partial charge in [-0.3, -0.25) is 14.9 Å². The van der Waals surface area contributed by atoms with Crippen molar-refractivity contribution in [1.82, 2.24) is 30.2 Å². The van der Waals surface area contributed by atoms with Crippen LogP contribution in [0.3, 0.4) is 0 Å². The van der Waals surface area contributed by atoms with Crippen LogP contribution in [-0.2, 0) is 20.7 Å². The number of ether oxygens (including phenoxy) is 2. The number of aliphatic imine (C=N–C) groups is 2. The Morgan fingerprint density at radius 2 is 0.972 bits per heavy atom. The number of halogens is 13. The van der Waals surface area contributed by atoms with Gasteiger partial charge in [0.05, 0.1) is 0 Å². The molecule has 368 valence electrons. The minimum atomic E-state index is -4.97. The van der Waals surface area contributed by atoms with Crippen molar-refractivity contribution < 1.29 is 129 Å². The van der Waals surface area contributed by atoms with Crippen LogP contribution in [0.5, 0.6) is 11.5 Å². The second-order valence-electron chi connectivity index (χ2n) is 13.8. The molecule has 2 atom stereocenters. The Balaban J connectivity index is 0.000000280. The first-order valence-corrected chi connectivity index (χ1v) is 19.3. The third-order valence-corrected chi connectivity index (χ3v) is 9.63. The van der Waals surface area contributed by atoms with Crippen LogP contribution in [0.15, 0.2) is 132 Å². The van der Waals surface area contributed by atoms with E-state index in [-0.39, 0.29) is 107 Å². The number of amides is 2. The van der Waals surface area contributed by atoms with E-state index < -0.39 is 77.1 Å². The molecule has 4 heterocycles. The summed E-state index contributed by atoms with van der Waals surface area (Å²) in [5.74, 6) is -8.00. The second kappa shape index (κ2) is 23.2. The molecule has 2 amide bonds. The minimum absolute atomic E-state index is 0. The smallest absolute Gasteiger partial charge is 0.870 e. The molecule has 29 heteroatoms. The molecule has 6 N–H and O–H groups in total. The van der Waals surface area contributed by atoms with E-state index in [0.717, 1.165) is 54.6 Å². The van der Waals surface area contributed by atoms with Crippen LogP contribution in [0.25, 0.3) is 22.3 Å². The average molecular weight is 1060 g/mol. The average Bonchev–Trinajstić information content (AvgIpc) is 3.74. The zero-order valence-corrected chi connectivity index (χ0v) is 39.4.